The van der Waals surface area contributed by atoms with Crippen LogP contribution in [0.5, 0.6) is 0 Å². The number of carbonyl (C=O) groups is 1. The Morgan fingerprint density at radius 1 is 1.22 bits per heavy atom. The molecule has 2 heterocycles. The van der Waals surface area contributed by atoms with Gasteiger partial charge in [0.15, 0.2) is 5.65 Å². The Morgan fingerprint density at radius 3 is 2.59 bits per heavy atom. The van der Waals surface area contributed by atoms with Crippen LogP contribution in [0.2, 0.25) is 5.02 Å². The second-order valence-corrected chi connectivity index (χ2v) is 7.85. The van der Waals surface area contributed by atoms with Crippen LogP contribution in [0, 0.1) is 5.41 Å². The van der Waals surface area contributed by atoms with Gasteiger partial charge in [0, 0.05) is 17.0 Å². The van der Waals surface area contributed by atoms with Gasteiger partial charge in [-0.15, -0.1) is 0 Å². The normalized spacial score (nSPS) is 11.7. The Bertz CT molecular complexity index is 1020. The molecule has 1 amide bonds. The predicted molar refractivity (Wildman–Crippen MR) is 105 cm³/mol. The van der Waals surface area contributed by atoms with Gasteiger partial charge < -0.3 is 5.32 Å². The number of carbonyl (C=O) groups excluding carboxylic acids is 1. The number of fused-ring (bicyclic) bond motifs is 1. The summed E-state index contributed by atoms with van der Waals surface area (Å²) in [5.41, 5.74) is 0.872. The average Bonchev–Trinajstić information content (AvgIpc) is 3.02. The lowest BCUT2D eigenvalue weighted by molar-refractivity contribution is -0.128. The van der Waals surface area contributed by atoms with Gasteiger partial charge in [-0.3, -0.25) is 14.2 Å². The van der Waals surface area contributed by atoms with Crippen LogP contribution in [0.15, 0.2) is 41.6 Å². The monoisotopic (exact) mass is 387 g/mol. The molecule has 8 heteroatoms. The maximum atomic E-state index is 12.7. The summed E-state index contributed by atoms with van der Waals surface area (Å²) in [6.07, 6.45) is 3.04. The van der Waals surface area contributed by atoms with Gasteiger partial charge in [0.25, 0.3) is 5.56 Å². The summed E-state index contributed by atoms with van der Waals surface area (Å²) in [5.74, 6) is -0.0303. The maximum Gasteiger partial charge on any atom is 0.264 e. The van der Waals surface area contributed by atoms with Gasteiger partial charge in [0.1, 0.15) is 11.7 Å². The number of benzene rings is 1. The smallest absolute Gasteiger partial charge is 0.264 e. The minimum Gasteiger partial charge on any atom is -0.354 e. The topological polar surface area (TPSA) is 81.8 Å². The molecular weight excluding hydrogens is 366 g/mol. The summed E-state index contributed by atoms with van der Waals surface area (Å²) < 4.78 is 3.17. The van der Waals surface area contributed by atoms with Gasteiger partial charge in [-0.25, -0.2) is 9.67 Å². The van der Waals surface area contributed by atoms with Gasteiger partial charge in [-0.2, -0.15) is 5.10 Å². The van der Waals surface area contributed by atoms with Crippen LogP contribution >= 0.6 is 11.6 Å². The second-order valence-electron chi connectivity index (χ2n) is 7.41. The van der Waals surface area contributed by atoms with E-state index in [1.165, 1.54) is 12.5 Å². The third-order valence-corrected chi connectivity index (χ3v) is 4.43. The van der Waals surface area contributed by atoms with Gasteiger partial charge in [-0.1, -0.05) is 44.5 Å². The van der Waals surface area contributed by atoms with Gasteiger partial charge in [0.05, 0.1) is 19.3 Å². The molecule has 3 rings (SSSR count). The zero-order valence-electron chi connectivity index (χ0n) is 15.6. The molecule has 0 atom stereocenters. The lowest BCUT2D eigenvalue weighted by Crippen LogP contribution is -2.36. The molecule has 0 spiro atoms. The number of nitrogens with one attached hydrogen (secondary N) is 1. The Labute approximate surface area is 162 Å². The van der Waals surface area contributed by atoms with Crippen LogP contribution in [0.3, 0.4) is 0 Å². The fourth-order valence-electron chi connectivity index (χ4n) is 2.60. The van der Waals surface area contributed by atoms with E-state index in [0.717, 1.165) is 5.56 Å². The Morgan fingerprint density at radius 2 is 1.93 bits per heavy atom. The second kappa shape index (κ2) is 7.52. The van der Waals surface area contributed by atoms with Crippen LogP contribution in [-0.2, 0) is 17.9 Å². The summed E-state index contributed by atoms with van der Waals surface area (Å²) in [7, 11) is 0. The fourth-order valence-corrected chi connectivity index (χ4v) is 2.73. The molecule has 7 nitrogen and oxygen atoms in total. The minimum atomic E-state index is -0.445. The van der Waals surface area contributed by atoms with Crippen molar-refractivity contribution >= 4 is 28.5 Å². The highest BCUT2D eigenvalue weighted by atomic mass is 35.5. The van der Waals surface area contributed by atoms with E-state index in [9.17, 15) is 9.59 Å². The first-order valence-electron chi connectivity index (χ1n) is 8.69. The number of hydrogen-bond donors (Lipinski definition) is 1. The van der Waals surface area contributed by atoms with Crippen molar-refractivity contribution in [3.05, 3.63) is 57.7 Å². The standard InChI is InChI=1S/C19H22ClN5O2/c1-19(2,3)18(27)21-8-9-25-16-15(10-23-25)17(26)24(12-22-16)11-13-4-6-14(20)7-5-13/h4-7,10,12H,8-9,11H2,1-3H3,(H,21,27). The number of hydrogen-bond acceptors (Lipinski definition) is 4. The Hall–Kier alpha value is -2.67. The van der Waals surface area contributed by atoms with E-state index in [4.69, 9.17) is 11.6 Å². The number of aromatic nitrogens is 4. The highest BCUT2D eigenvalue weighted by Gasteiger charge is 2.20. The van der Waals surface area contributed by atoms with Crippen molar-refractivity contribution in [2.24, 2.45) is 5.41 Å². The van der Waals surface area contributed by atoms with Crippen LogP contribution in [0.1, 0.15) is 26.3 Å². The lowest BCUT2D eigenvalue weighted by Gasteiger charge is -2.17. The van der Waals surface area contributed by atoms with Crippen molar-refractivity contribution in [2.75, 3.05) is 6.54 Å². The van der Waals surface area contributed by atoms with Crippen LogP contribution in [0.4, 0.5) is 0 Å². The van der Waals surface area contributed by atoms with Crippen molar-refractivity contribution in [1.29, 1.82) is 0 Å². The third-order valence-electron chi connectivity index (χ3n) is 4.18. The molecule has 1 N–H and O–H groups in total. The van der Waals surface area contributed by atoms with Crippen molar-refractivity contribution in [3.8, 4) is 0 Å². The molecule has 2 aromatic heterocycles. The number of nitrogens with zero attached hydrogens (tertiary/aromatic N) is 4. The van der Waals surface area contributed by atoms with E-state index in [2.05, 4.69) is 15.4 Å². The van der Waals surface area contributed by atoms with Gasteiger partial charge in [-0.05, 0) is 17.7 Å². The first kappa shape index (κ1) is 19.1. The van der Waals surface area contributed by atoms with Crippen molar-refractivity contribution < 1.29 is 4.79 Å². The highest BCUT2D eigenvalue weighted by Crippen LogP contribution is 2.13. The molecule has 0 aliphatic heterocycles. The first-order valence-corrected chi connectivity index (χ1v) is 9.07. The van der Waals surface area contributed by atoms with E-state index in [1.54, 1.807) is 21.4 Å². The SMILES string of the molecule is CC(C)(C)C(=O)NCCn1ncc2c(=O)n(Cc3ccc(Cl)cc3)cnc21. The Kier molecular flexibility index (Phi) is 5.32. The molecule has 0 radical (unpaired) electrons. The van der Waals surface area contributed by atoms with Crippen LogP contribution < -0.4 is 10.9 Å². The zero-order chi connectivity index (χ0) is 19.6. The minimum absolute atomic E-state index is 0.0303. The molecular formula is C19H22ClN5O2. The molecule has 0 aliphatic carbocycles. The molecule has 0 aliphatic rings. The third kappa shape index (κ3) is 4.36. The summed E-state index contributed by atoms with van der Waals surface area (Å²) in [6, 6.07) is 7.33. The number of amides is 1. The van der Waals surface area contributed by atoms with E-state index in [0.29, 0.717) is 35.7 Å². The molecule has 142 valence electrons. The average molecular weight is 388 g/mol. The quantitative estimate of drug-likeness (QED) is 0.729. The highest BCUT2D eigenvalue weighted by molar-refractivity contribution is 6.30. The molecule has 0 saturated heterocycles. The number of rotatable bonds is 5. The van der Waals surface area contributed by atoms with Crippen LogP contribution in [0.25, 0.3) is 11.0 Å². The van der Waals surface area contributed by atoms with Gasteiger partial charge >= 0.3 is 0 Å². The van der Waals surface area contributed by atoms with E-state index in [1.807, 2.05) is 32.9 Å². The maximum absolute atomic E-state index is 12.7. The summed E-state index contributed by atoms with van der Waals surface area (Å²) in [5, 5.41) is 8.22. The lowest BCUT2D eigenvalue weighted by atomic mass is 9.96. The van der Waals surface area contributed by atoms with E-state index < -0.39 is 5.41 Å². The summed E-state index contributed by atoms with van der Waals surface area (Å²) >= 11 is 5.89. The molecule has 0 unspecified atom stereocenters. The van der Waals surface area contributed by atoms with E-state index in [-0.39, 0.29) is 11.5 Å². The fraction of sp³-hybridized carbons (Fsp3) is 0.368. The molecule has 1 aromatic carbocycles. The predicted octanol–water partition coefficient (Wildman–Crippen LogP) is 2.46. The van der Waals surface area contributed by atoms with Crippen molar-refractivity contribution in [3.63, 3.8) is 0 Å². The molecule has 0 saturated carbocycles. The molecule has 0 bridgehead atoms. The summed E-state index contributed by atoms with van der Waals surface area (Å²) in [6.45, 7) is 6.84. The zero-order valence-corrected chi connectivity index (χ0v) is 16.3. The number of halogens is 1. The van der Waals surface area contributed by atoms with Crippen molar-refractivity contribution in [2.45, 2.75) is 33.9 Å². The molecule has 0 fully saturated rings. The van der Waals surface area contributed by atoms with Crippen molar-refractivity contribution in [1.82, 2.24) is 24.6 Å². The largest absolute Gasteiger partial charge is 0.354 e. The van der Waals surface area contributed by atoms with E-state index >= 15 is 0 Å². The van der Waals surface area contributed by atoms with Gasteiger partial charge in [0.2, 0.25) is 5.91 Å². The van der Waals surface area contributed by atoms with Crippen LogP contribution in [-0.4, -0.2) is 31.8 Å². The first-order chi connectivity index (χ1) is 12.8. The Balaban J connectivity index is 1.75. The molecule has 3 aromatic rings. The summed E-state index contributed by atoms with van der Waals surface area (Å²) in [4.78, 5) is 29.0. The molecule has 27 heavy (non-hydrogen) atoms.